The standard InChI is InChI=1S/C12H24N6/c1-5-6-14-10-7-11(17-12(13)16-10)15-8-9(2)18(3)4/h7,9H,5-6,8H2,1-4H3,(H4,13,14,15,16,17). The van der Waals surface area contributed by atoms with E-state index < -0.39 is 0 Å². The van der Waals surface area contributed by atoms with E-state index in [2.05, 4.69) is 53.4 Å². The van der Waals surface area contributed by atoms with E-state index in [1.54, 1.807) is 0 Å². The van der Waals surface area contributed by atoms with Gasteiger partial charge in [-0.05, 0) is 27.4 Å². The van der Waals surface area contributed by atoms with Crippen LogP contribution in [0.25, 0.3) is 0 Å². The average Bonchev–Trinajstić information content (AvgIpc) is 2.32. The highest BCUT2D eigenvalue weighted by molar-refractivity contribution is 5.51. The molecule has 4 N–H and O–H groups in total. The van der Waals surface area contributed by atoms with Crippen LogP contribution in [0.3, 0.4) is 0 Å². The van der Waals surface area contributed by atoms with E-state index in [0.717, 1.165) is 31.1 Å². The summed E-state index contributed by atoms with van der Waals surface area (Å²) in [5.74, 6) is 1.82. The van der Waals surface area contributed by atoms with E-state index in [1.165, 1.54) is 0 Å². The number of hydrogen-bond donors (Lipinski definition) is 3. The molecule has 0 aliphatic carbocycles. The van der Waals surface area contributed by atoms with Crippen LogP contribution in [-0.4, -0.2) is 48.1 Å². The molecule has 6 heteroatoms. The van der Waals surface area contributed by atoms with Gasteiger partial charge in [-0.15, -0.1) is 0 Å². The van der Waals surface area contributed by atoms with Gasteiger partial charge in [0.2, 0.25) is 5.95 Å². The molecule has 1 aromatic heterocycles. The monoisotopic (exact) mass is 252 g/mol. The van der Waals surface area contributed by atoms with Crippen LogP contribution in [-0.2, 0) is 0 Å². The molecule has 1 unspecified atom stereocenters. The molecule has 0 saturated carbocycles. The Hall–Kier alpha value is -1.56. The predicted octanol–water partition coefficient (Wildman–Crippen LogP) is 1.24. The second-order valence-corrected chi connectivity index (χ2v) is 4.62. The molecule has 1 aromatic rings. The normalized spacial score (nSPS) is 12.5. The smallest absolute Gasteiger partial charge is 0.223 e. The minimum atomic E-state index is 0.288. The minimum absolute atomic E-state index is 0.288. The van der Waals surface area contributed by atoms with Crippen LogP contribution in [0, 0.1) is 0 Å². The molecule has 0 radical (unpaired) electrons. The van der Waals surface area contributed by atoms with Crippen LogP contribution in [0.1, 0.15) is 20.3 Å². The minimum Gasteiger partial charge on any atom is -0.370 e. The van der Waals surface area contributed by atoms with Crippen LogP contribution < -0.4 is 16.4 Å². The zero-order valence-electron chi connectivity index (χ0n) is 11.7. The predicted molar refractivity (Wildman–Crippen MR) is 76.9 cm³/mol. The number of nitrogens with two attached hydrogens (primary N) is 1. The van der Waals surface area contributed by atoms with Crippen molar-refractivity contribution in [3.8, 4) is 0 Å². The summed E-state index contributed by atoms with van der Waals surface area (Å²) < 4.78 is 0. The van der Waals surface area contributed by atoms with Gasteiger partial charge in [0.05, 0.1) is 0 Å². The second kappa shape index (κ2) is 7.00. The molecule has 0 fully saturated rings. The molecule has 1 rings (SSSR count). The topological polar surface area (TPSA) is 79.1 Å². The zero-order valence-corrected chi connectivity index (χ0v) is 11.7. The first-order valence-electron chi connectivity index (χ1n) is 6.31. The molecule has 0 spiro atoms. The van der Waals surface area contributed by atoms with Gasteiger partial charge in [-0.1, -0.05) is 6.92 Å². The third kappa shape index (κ3) is 4.75. The Morgan fingerprint density at radius 2 is 1.89 bits per heavy atom. The van der Waals surface area contributed by atoms with Crippen LogP contribution in [0.15, 0.2) is 6.07 Å². The molecule has 102 valence electrons. The summed E-state index contributed by atoms with van der Waals surface area (Å²) in [6.45, 7) is 5.95. The lowest BCUT2D eigenvalue weighted by Crippen LogP contribution is -2.31. The van der Waals surface area contributed by atoms with Gasteiger partial charge < -0.3 is 21.3 Å². The fraction of sp³-hybridized carbons (Fsp3) is 0.667. The number of rotatable bonds is 7. The summed E-state index contributed by atoms with van der Waals surface area (Å²) in [6.07, 6.45) is 1.05. The number of nitrogens with one attached hydrogen (secondary N) is 2. The van der Waals surface area contributed by atoms with E-state index in [4.69, 9.17) is 5.73 Å². The third-order valence-electron chi connectivity index (χ3n) is 2.76. The zero-order chi connectivity index (χ0) is 13.5. The summed E-state index contributed by atoms with van der Waals surface area (Å²) in [5.41, 5.74) is 5.68. The molecule has 0 aromatic carbocycles. The first kappa shape index (κ1) is 14.5. The largest absolute Gasteiger partial charge is 0.370 e. The molecule has 1 heterocycles. The van der Waals surface area contributed by atoms with Crippen LogP contribution >= 0.6 is 0 Å². The molecular formula is C12H24N6. The lowest BCUT2D eigenvalue weighted by atomic mass is 10.3. The summed E-state index contributed by atoms with van der Waals surface area (Å²) in [5, 5.41) is 6.48. The van der Waals surface area contributed by atoms with Crippen molar-refractivity contribution < 1.29 is 0 Å². The number of anilines is 3. The molecule has 1 atom stereocenters. The molecule has 0 amide bonds. The van der Waals surface area contributed by atoms with E-state index in [0.29, 0.717) is 6.04 Å². The first-order valence-corrected chi connectivity index (χ1v) is 6.31. The molecular weight excluding hydrogens is 228 g/mol. The molecule has 0 saturated heterocycles. The van der Waals surface area contributed by atoms with Gasteiger partial charge in [-0.2, -0.15) is 9.97 Å². The van der Waals surface area contributed by atoms with Crippen molar-refractivity contribution in [2.75, 3.05) is 43.6 Å². The van der Waals surface area contributed by atoms with Crippen LogP contribution in [0.5, 0.6) is 0 Å². The lowest BCUT2D eigenvalue weighted by molar-refractivity contribution is 0.326. The van der Waals surface area contributed by atoms with Crippen molar-refractivity contribution in [3.05, 3.63) is 6.07 Å². The number of nitrogen functional groups attached to an aromatic ring is 1. The molecule has 0 bridgehead atoms. The first-order chi connectivity index (χ1) is 8.52. The average molecular weight is 252 g/mol. The van der Waals surface area contributed by atoms with Crippen molar-refractivity contribution in [2.24, 2.45) is 0 Å². The Labute approximate surface area is 109 Å². The van der Waals surface area contributed by atoms with E-state index in [-0.39, 0.29) is 5.95 Å². The summed E-state index contributed by atoms with van der Waals surface area (Å²) in [4.78, 5) is 10.5. The lowest BCUT2D eigenvalue weighted by Gasteiger charge is -2.20. The Kier molecular flexibility index (Phi) is 5.64. The van der Waals surface area contributed by atoms with Gasteiger partial charge >= 0.3 is 0 Å². The van der Waals surface area contributed by atoms with Crippen molar-refractivity contribution in [2.45, 2.75) is 26.3 Å². The summed E-state index contributed by atoms with van der Waals surface area (Å²) >= 11 is 0. The fourth-order valence-corrected chi connectivity index (χ4v) is 1.33. The van der Waals surface area contributed by atoms with Crippen LogP contribution in [0.4, 0.5) is 17.6 Å². The Bertz CT molecular complexity index is 366. The van der Waals surface area contributed by atoms with Crippen molar-refractivity contribution in [3.63, 3.8) is 0 Å². The van der Waals surface area contributed by atoms with Gasteiger partial charge in [-0.25, -0.2) is 0 Å². The second-order valence-electron chi connectivity index (χ2n) is 4.62. The highest BCUT2D eigenvalue weighted by Gasteiger charge is 2.06. The number of likely N-dealkylation sites (N-methyl/N-ethyl adjacent to an activating group) is 1. The number of aromatic nitrogens is 2. The number of hydrogen-bond acceptors (Lipinski definition) is 6. The van der Waals surface area contributed by atoms with Crippen molar-refractivity contribution in [1.82, 2.24) is 14.9 Å². The highest BCUT2D eigenvalue weighted by Crippen LogP contribution is 2.12. The van der Waals surface area contributed by atoms with Crippen LogP contribution in [0.2, 0.25) is 0 Å². The van der Waals surface area contributed by atoms with Crippen molar-refractivity contribution in [1.29, 1.82) is 0 Å². The van der Waals surface area contributed by atoms with E-state index >= 15 is 0 Å². The van der Waals surface area contributed by atoms with Gasteiger partial charge in [0.25, 0.3) is 0 Å². The highest BCUT2D eigenvalue weighted by atomic mass is 15.2. The fourth-order valence-electron chi connectivity index (χ4n) is 1.33. The van der Waals surface area contributed by atoms with E-state index in [9.17, 15) is 0 Å². The molecule has 18 heavy (non-hydrogen) atoms. The maximum atomic E-state index is 5.68. The number of nitrogens with zero attached hydrogens (tertiary/aromatic N) is 3. The molecule has 0 aliphatic rings. The Morgan fingerprint density at radius 3 is 2.44 bits per heavy atom. The van der Waals surface area contributed by atoms with Crippen molar-refractivity contribution >= 4 is 17.6 Å². The van der Waals surface area contributed by atoms with Gasteiger partial charge in [0.1, 0.15) is 11.6 Å². The summed E-state index contributed by atoms with van der Waals surface area (Å²) in [7, 11) is 4.10. The van der Waals surface area contributed by atoms with Gasteiger partial charge in [0.15, 0.2) is 0 Å². The van der Waals surface area contributed by atoms with Gasteiger partial charge in [-0.3, -0.25) is 0 Å². The summed E-state index contributed by atoms with van der Waals surface area (Å²) in [6, 6.07) is 2.31. The van der Waals surface area contributed by atoms with E-state index in [1.807, 2.05) is 6.07 Å². The Balaban J connectivity index is 2.62. The third-order valence-corrected chi connectivity index (χ3v) is 2.76. The van der Waals surface area contributed by atoms with Gasteiger partial charge in [0, 0.05) is 25.2 Å². The SMILES string of the molecule is CCCNc1cc(NCC(C)N(C)C)nc(N)n1. The maximum absolute atomic E-state index is 5.68. The quantitative estimate of drug-likeness (QED) is 0.677. The molecule has 6 nitrogen and oxygen atoms in total. The maximum Gasteiger partial charge on any atom is 0.223 e. The molecule has 0 aliphatic heterocycles. The Morgan fingerprint density at radius 1 is 1.28 bits per heavy atom.